The lowest BCUT2D eigenvalue weighted by Crippen LogP contribution is -2.48. The minimum Gasteiger partial charge on any atom is -0.494 e. The zero-order valence-electron chi connectivity index (χ0n) is 11.5. The van der Waals surface area contributed by atoms with Crippen molar-refractivity contribution in [3.05, 3.63) is 29.8 Å². The lowest BCUT2D eigenvalue weighted by atomic mass is 10.1. The first-order chi connectivity index (χ1) is 9.33. The molecule has 106 valence electrons. The summed E-state index contributed by atoms with van der Waals surface area (Å²) in [5.74, 6) is 0.891. The summed E-state index contributed by atoms with van der Waals surface area (Å²) < 4.78 is 10.9. The smallest absolute Gasteiger partial charge is 0.119 e. The maximum Gasteiger partial charge on any atom is 0.119 e. The van der Waals surface area contributed by atoms with Gasteiger partial charge in [-0.3, -0.25) is 0 Å². The molecule has 1 unspecified atom stereocenters. The van der Waals surface area contributed by atoms with Crippen LogP contribution in [0.15, 0.2) is 24.3 Å². The van der Waals surface area contributed by atoms with E-state index in [0.717, 1.165) is 37.6 Å². The minimum absolute atomic E-state index is 0.110. The molecule has 1 aromatic rings. The fourth-order valence-corrected chi connectivity index (χ4v) is 2.16. The highest BCUT2D eigenvalue weighted by atomic mass is 16.5. The molecule has 0 saturated carbocycles. The van der Waals surface area contributed by atoms with E-state index in [1.165, 1.54) is 0 Å². The van der Waals surface area contributed by atoms with Crippen molar-refractivity contribution in [3.8, 4) is 5.75 Å². The van der Waals surface area contributed by atoms with Gasteiger partial charge in [0, 0.05) is 19.6 Å². The van der Waals surface area contributed by atoms with E-state index < -0.39 is 0 Å². The molecule has 2 rings (SSSR count). The van der Waals surface area contributed by atoms with E-state index in [1.807, 2.05) is 19.1 Å². The SMILES string of the molecule is CCOc1cccc(C(CN)NN2CCOCC2)c1. The zero-order chi connectivity index (χ0) is 13.5. The Balaban J connectivity index is 2.01. The first-order valence-electron chi connectivity index (χ1n) is 6.85. The second-order valence-electron chi connectivity index (χ2n) is 4.52. The molecule has 1 saturated heterocycles. The molecular weight excluding hydrogens is 242 g/mol. The van der Waals surface area contributed by atoms with Gasteiger partial charge in [-0.1, -0.05) is 12.1 Å². The highest BCUT2D eigenvalue weighted by Gasteiger charge is 2.16. The van der Waals surface area contributed by atoms with Crippen LogP contribution in [0.5, 0.6) is 5.75 Å². The Morgan fingerprint density at radius 3 is 2.89 bits per heavy atom. The Kier molecular flexibility index (Phi) is 5.60. The third-order valence-electron chi connectivity index (χ3n) is 3.16. The molecule has 19 heavy (non-hydrogen) atoms. The van der Waals surface area contributed by atoms with Crippen LogP contribution in [0.2, 0.25) is 0 Å². The molecule has 0 aromatic heterocycles. The molecule has 0 radical (unpaired) electrons. The van der Waals surface area contributed by atoms with Gasteiger partial charge in [-0.05, 0) is 24.6 Å². The molecular formula is C14H23N3O2. The highest BCUT2D eigenvalue weighted by molar-refractivity contribution is 5.30. The second kappa shape index (κ2) is 7.45. The maximum absolute atomic E-state index is 5.88. The second-order valence-corrected chi connectivity index (χ2v) is 4.52. The van der Waals surface area contributed by atoms with Crippen molar-refractivity contribution < 1.29 is 9.47 Å². The van der Waals surface area contributed by atoms with Gasteiger partial charge in [0.2, 0.25) is 0 Å². The molecule has 0 spiro atoms. The van der Waals surface area contributed by atoms with Gasteiger partial charge in [0.05, 0.1) is 25.9 Å². The Hall–Kier alpha value is -1.14. The largest absolute Gasteiger partial charge is 0.494 e. The Bertz CT molecular complexity index is 381. The molecule has 3 N–H and O–H groups in total. The lowest BCUT2D eigenvalue weighted by molar-refractivity contribution is 0.00403. The minimum atomic E-state index is 0.110. The third-order valence-corrected chi connectivity index (χ3v) is 3.16. The van der Waals surface area contributed by atoms with Crippen LogP contribution in [-0.2, 0) is 4.74 Å². The van der Waals surface area contributed by atoms with Crippen LogP contribution < -0.4 is 15.9 Å². The van der Waals surface area contributed by atoms with E-state index in [9.17, 15) is 0 Å². The van der Waals surface area contributed by atoms with Crippen molar-refractivity contribution in [1.82, 2.24) is 10.4 Å². The van der Waals surface area contributed by atoms with Gasteiger partial charge in [0.25, 0.3) is 0 Å². The number of nitrogens with one attached hydrogen (secondary N) is 1. The number of benzene rings is 1. The van der Waals surface area contributed by atoms with E-state index in [2.05, 4.69) is 22.6 Å². The summed E-state index contributed by atoms with van der Waals surface area (Å²) in [6.45, 7) is 6.52. The summed E-state index contributed by atoms with van der Waals surface area (Å²) >= 11 is 0. The van der Waals surface area contributed by atoms with E-state index in [4.69, 9.17) is 15.2 Å². The number of rotatable bonds is 6. The van der Waals surface area contributed by atoms with Crippen LogP contribution in [0.1, 0.15) is 18.5 Å². The Labute approximate surface area is 114 Å². The van der Waals surface area contributed by atoms with Gasteiger partial charge in [-0.15, -0.1) is 0 Å². The predicted molar refractivity (Wildman–Crippen MR) is 74.9 cm³/mol. The van der Waals surface area contributed by atoms with Crippen molar-refractivity contribution in [2.24, 2.45) is 5.73 Å². The van der Waals surface area contributed by atoms with Crippen LogP contribution in [0, 0.1) is 0 Å². The molecule has 1 atom stereocenters. The van der Waals surface area contributed by atoms with Crippen molar-refractivity contribution in [2.75, 3.05) is 39.5 Å². The van der Waals surface area contributed by atoms with Gasteiger partial charge < -0.3 is 15.2 Å². The molecule has 5 heteroatoms. The molecule has 5 nitrogen and oxygen atoms in total. The topological polar surface area (TPSA) is 59.8 Å². The normalized spacial score (nSPS) is 18.2. The summed E-state index contributed by atoms with van der Waals surface area (Å²) in [4.78, 5) is 0. The average molecular weight is 265 g/mol. The Morgan fingerprint density at radius 2 is 2.21 bits per heavy atom. The van der Waals surface area contributed by atoms with Crippen LogP contribution in [-0.4, -0.2) is 44.5 Å². The molecule has 1 aliphatic heterocycles. The first kappa shape index (κ1) is 14.3. The van der Waals surface area contributed by atoms with E-state index >= 15 is 0 Å². The zero-order valence-corrected chi connectivity index (χ0v) is 11.5. The molecule has 0 aliphatic carbocycles. The van der Waals surface area contributed by atoms with Crippen molar-refractivity contribution in [1.29, 1.82) is 0 Å². The number of hydrazine groups is 1. The monoisotopic (exact) mass is 265 g/mol. The fraction of sp³-hybridized carbons (Fsp3) is 0.571. The first-order valence-corrected chi connectivity index (χ1v) is 6.85. The molecule has 1 aromatic carbocycles. The summed E-state index contributed by atoms with van der Waals surface area (Å²) in [6, 6.07) is 8.21. The molecule has 1 fully saturated rings. The molecule has 0 bridgehead atoms. The van der Waals surface area contributed by atoms with E-state index in [1.54, 1.807) is 0 Å². The van der Waals surface area contributed by atoms with Crippen LogP contribution in [0.4, 0.5) is 0 Å². The number of nitrogens with two attached hydrogens (primary N) is 1. The molecule has 1 heterocycles. The summed E-state index contributed by atoms with van der Waals surface area (Å²) in [5, 5.41) is 2.17. The number of morpholine rings is 1. The van der Waals surface area contributed by atoms with Crippen LogP contribution in [0.3, 0.4) is 0 Å². The Morgan fingerprint density at radius 1 is 1.42 bits per heavy atom. The van der Waals surface area contributed by atoms with Gasteiger partial charge in [-0.2, -0.15) is 0 Å². The summed E-state index contributed by atoms with van der Waals surface area (Å²) in [6.07, 6.45) is 0. The number of hydrogen-bond donors (Lipinski definition) is 2. The van der Waals surface area contributed by atoms with Crippen molar-refractivity contribution in [2.45, 2.75) is 13.0 Å². The lowest BCUT2D eigenvalue weighted by Gasteiger charge is -2.31. The predicted octanol–water partition coefficient (Wildman–Crippen LogP) is 0.922. The maximum atomic E-state index is 5.88. The number of ether oxygens (including phenoxy) is 2. The van der Waals surface area contributed by atoms with Gasteiger partial charge in [-0.25, -0.2) is 10.4 Å². The number of hydrogen-bond acceptors (Lipinski definition) is 5. The van der Waals surface area contributed by atoms with E-state index in [-0.39, 0.29) is 6.04 Å². The quantitative estimate of drug-likeness (QED) is 0.801. The third kappa shape index (κ3) is 4.18. The van der Waals surface area contributed by atoms with Crippen molar-refractivity contribution in [3.63, 3.8) is 0 Å². The van der Waals surface area contributed by atoms with Crippen molar-refractivity contribution >= 4 is 0 Å². The van der Waals surface area contributed by atoms with Crippen LogP contribution in [0.25, 0.3) is 0 Å². The van der Waals surface area contributed by atoms with E-state index in [0.29, 0.717) is 13.2 Å². The van der Waals surface area contributed by atoms with Gasteiger partial charge in [0.15, 0.2) is 0 Å². The summed E-state index contributed by atoms with van der Waals surface area (Å²) in [7, 11) is 0. The molecule has 0 amide bonds. The molecule has 1 aliphatic rings. The van der Waals surface area contributed by atoms with Gasteiger partial charge in [0.1, 0.15) is 5.75 Å². The average Bonchev–Trinajstić information content (AvgIpc) is 2.46. The van der Waals surface area contributed by atoms with Crippen LogP contribution >= 0.6 is 0 Å². The fourth-order valence-electron chi connectivity index (χ4n) is 2.16. The van der Waals surface area contributed by atoms with Gasteiger partial charge >= 0.3 is 0 Å². The summed E-state index contributed by atoms with van der Waals surface area (Å²) in [5.41, 5.74) is 10.5. The standard InChI is InChI=1S/C14H23N3O2/c1-2-19-13-5-3-4-12(10-13)14(11-15)16-17-6-8-18-9-7-17/h3-5,10,14,16H,2,6-9,11,15H2,1H3. The highest BCUT2D eigenvalue weighted by Crippen LogP contribution is 2.19. The number of nitrogens with zero attached hydrogens (tertiary/aromatic N) is 1.